The van der Waals surface area contributed by atoms with E-state index < -0.39 is 17.9 Å². The molecular formula is C17H17N5O3. The standard InChI is InChI=1S/C17H17N5O3/c1-25-15-8-7-11(10-19-15)20-17(24)13-9-14(16(18)23)22(21-13)12-5-3-2-4-6-12/h2-8,10,14H,9H2,1H3,(H2,18,23)(H,20,24)/t14-/m0/s1. The van der Waals surface area contributed by atoms with Crippen molar-refractivity contribution in [2.75, 3.05) is 17.4 Å². The summed E-state index contributed by atoms with van der Waals surface area (Å²) in [6, 6.07) is 11.7. The van der Waals surface area contributed by atoms with Gasteiger partial charge in [0.05, 0.1) is 24.7 Å². The van der Waals surface area contributed by atoms with Crippen molar-refractivity contribution in [1.82, 2.24) is 4.98 Å². The molecule has 0 bridgehead atoms. The van der Waals surface area contributed by atoms with E-state index in [1.807, 2.05) is 18.2 Å². The van der Waals surface area contributed by atoms with Crippen LogP contribution in [-0.2, 0) is 9.59 Å². The van der Waals surface area contributed by atoms with Crippen LogP contribution in [0.15, 0.2) is 53.8 Å². The summed E-state index contributed by atoms with van der Waals surface area (Å²) in [5.41, 5.74) is 6.89. The molecule has 2 heterocycles. The van der Waals surface area contributed by atoms with E-state index in [1.54, 1.807) is 24.3 Å². The number of nitrogens with zero attached hydrogens (tertiary/aromatic N) is 3. The number of carbonyl (C=O) groups is 2. The van der Waals surface area contributed by atoms with E-state index in [2.05, 4.69) is 15.4 Å². The molecule has 3 N–H and O–H groups in total. The van der Waals surface area contributed by atoms with Gasteiger partial charge in [0.2, 0.25) is 11.8 Å². The molecule has 2 amide bonds. The van der Waals surface area contributed by atoms with Gasteiger partial charge in [0.25, 0.3) is 5.91 Å². The molecule has 0 spiro atoms. The number of hydrogen-bond donors (Lipinski definition) is 2. The Bertz CT molecular complexity index is 805. The number of anilines is 2. The number of carbonyl (C=O) groups excluding carboxylic acids is 2. The fraction of sp³-hybridized carbons (Fsp3) is 0.176. The molecule has 3 rings (SSSR count). The Morgan fingerprint density at radius 3 is 2.60 bits per heavy atom. The number of pyridine rings is 1. The van der Waals surface area contributed by atoms with Crippen molar-refractivity contribution in [2.24, 2.45) is 10.8 Å². The highest BCUT2D eigenvalue weighted by Gasteiger charge is 2.34. The molecule has 0 fully saturated rings. The van der Waals surface area contributed by atoms with E-state index in [9.17, 15) is 9.59 Å². The van der Waals surface area contributed by atoms with Crippen molar-refractivity contribution in [3.05, 3.63) is 48.7 Å². The molecule has 2 aromatic rings. The minimum Gasteiger partial charge on any atom is -0.481 e. The number of rotatable bonds is 5. The van der Waals surface area contributed by atoms with Gasteiger partial charge in [-0.15, -0.1) is 0 Å². The Kier molecular flexibility index (Phi) is 4.60. The van der Waals surface area contributed by atoms with Crippen LogP contribution in [0.2, 0.25) is 0 Å². The Morgan fingerprint density at radius 2 is 2.00 bits per heavy atom. The van der Waals surface area contributed by atoms with Gasteiger partial charge >= 0.3 is 0 Å². The van der Waals surface area contributed by atoms with Crippen LogP contribution in [0.4, 0.5) is 11.4 Å². The monoisotopic (exact) mass is 339 g/mol. The van der Waals surface area contributed by atoms with Gasteiger partial charge in [0, 0.05) is 12.5 Å². The summed E-state index contributed by atoms with van der Waals surface area (Å²) in [5.74, 6) is -0.501. The number of methoxy groups -OCH3 is 1. The lowest BCUT2D eigenvalue weighted by Gasteiger charge is -2.20. The zero-order valence-electron chi connectivity index (χ0n) is 13.5. The Labute approximate surface area is 144 Å². The first-order valence-corrected chi connectivity index (χ1v) is 7.61. The average molecular weight is 339 g/mol. The lowest BCUT2D eigenvalue weighted by Crippen LogP contribution is -2.39. The van der Waals surface area contributed by atoms with Crippen LogP contribution in [-0.4, -0.2) is 35.7 Å². The largest absolute Gasteiger partial charge is 0.481 e. The minimum atomic E-state index is -0.697. The summed E-state index contributed by atoms with van der Waals surface area (Å²) in [5, 5.41) is 8.46. The fourth-order valence-corrected chi connectivity index (χ4v) is 2.47. The van der Waals surface area contributed by atoms with Gasteiger partial charge in [-0.05, 0) is 18.2 Å². The summed E-state index contributed by atoms with van der Waals surface area (Å²) in [7, 11) is 1.51. The van der Waals surface area contributed by atoms with Crippen molar-refractivity contribution in [2.45, 2.75) is 12.5 Å². The average Bonchev–Trinajstić information content (AvgIpc) is 3.09. The molecule has 0 aliphatic carbocycles. The van der Waals surface area contributed by atoms with Crippen LogP contribution in [0.3, 0.4) is 0 Å². The molecule has 0 unspecified atom stereocenters. The molecular weight excluding hydrogens is 322 g/mol. The van der Waals surface area contributed by atoms with Crippen molar-refractivity contribution < 1.29 is 14.3 Å². The number of ether oxygens (including phenoxy) is 1. The highest BCUT2D eigenvalue weighted by atomic mass is 16.5. The number of nitrogens with one attached hydrogen (secondary N) is 1. The van der Waals surface area contributed by atoms with E-state index in [0.29, 0.717) is 17.3 Å². The Balaban J connectivity index is 1.78. The number of primary amides is 1. The number of amides is 2. The summed E-state index contributed by atoms with van der Waals surface area (Å²) < 4.78 is 4.97. The number of hydrogen-bond acceptors (Lipinski definition) is 6. The molecule has 1 aliphatic heterocycles. The number of aromatic nitrogens is 1. The predicted octanol–water partition coefficient (Wildman–Crippen LogP) is 1.15. The SMILES string of the molecule is COc1ccc(NC(=O)C2=NN(c3ccccc3)[C@H](C(N)=O)C2)cn1. The third-order valence-corrected chi connectivity index (χ3v) is 3.72. The van der Waals surface area contributed by atoms with Gasteiger partial charge < -0.3 is 15.8 Å². The first-order valence-electron chi connectivity index (χ1n) is 7.61. The molecule has 0 saturated heterocycles. The van der Waals surface area contributed by atoms with Gasteiger partial charge in [-0.3, -0.25) is 14.6 Å². The third-order valence-electron chi connectivity index (χ3n) is 3.72. The summed E-state index contributed by atoms with van der Waals surface area (Å²) in [6.45, 7) is 0. The summed E-state index contributed by atoms with van der Waals surface area (Å²) in [6.07, 6.45) is 1.62. The maximum Gasteiger partial charge on any atom is 0.272 e. The van der Waals surface area contributed by atoms with Crippen molar-refractivity contribution in [3.8, 4) is 5.88 Å². The minimum absolute atomic E-state index is 0.139. The second-order valence-corrected chi connectivity index (χ2v) is 5.39. The summed E-state index contributed by atoms with van der Waals surface area (Å²) in [4.78, 5) is 28.2. The van der Waals surface area contributed by atoms with Gasteiger partial charge in [-0.25, -0.2) is 4.98 Å². The first-order chi connectivity index (χ1) is 12.1. The lowest BCUT2D eigenvalue weighted by atomic mass is 10.1. The van der Waals surface area contributed by atoms with Crippen molar-refractivity contribution in [3.63, 3.8) is 0 Å². The highest BCUT2D eigenvalue weighted by Crippen LogP contribution is 2.24. The molecule has 8 nitrogen and oxygen atoms in total. The summed E-state index contributed by atoms with van der Waals surface area (Å²) >= 11 is 0. The van der Waals surface area contributed by atoms with Crippen LogP contribution in [0.1, 0.15) is 6.42 Å². The van der Waals surface area contributed by atoms with Crippen LogP contribution in [0.25, 0.3) is 0 Å². The van der Waals surface area contributed by atoms with E-state index in [4.69, 9.17) is 10.5 Å². The van der Waals surface area contributed by atoms with E-state index >= 15 is 0 Å². The number of para-hydroxylation sites is 1. The van der Waals surface area contributed by atoms with Gasteiger partial charge in [-0.1, -0.05) is 18.2 Å². The molecule has 128 valence electrons. The zero-order valence-corrected chi connectivity index (χ0v) is 13.5. The van der Waals surface area contributed by atoms with E-state index in [-0.39, 0.29) is 12.1 Å². The van der Waals surface area contributed by atoms with Crippen LogP contribution >= 0.6 is 0 Å². The Hall–Kier alpha value is -3.42. The molecule has 0 radical (unpaired) electrons. The van der Waals surface area contributed by atoms with E-state index in [0.717, 1.165) is 0 Å². The molecule has 0 saturated carbocycles. The maximum atomic E-state index is 12.4. The molecule has 8 heteroatoms. The molecule has 1 aromatic heterocycles. The third kappa shape index (κ3) is 3.57. The molecule has 1 aliphatic rings. The molecule has 25 heavy (non-hydrogen) atoms. The normalized spacial score (nSPS) is 16.3. The lowest BCUT2D eigenvalue weighted by molar-refractivity contribution is -0.119. The molecule has 1 atom stereocenters. The van der Waals surface area contributed by atoms with Gasteiger partial charge in [0.15, 0.2) is 0 Å². The second kappa shape index (κ2) is 7.00. The zero-order chi connectivity index (χ0) is 17.8. The van der Waals surface area contributed by atoms with Crippen molar-refractivity contribution >= 4 is 28.9 Å². The van der Waals surface area contributed by atoms with Crippen molar-refractivity contribution in [1.29, 1.82) is 0 Å². The second-order valence-electron chi connectivity index (χ2n) is 5.39. The molecule has 1 aromatic carbocycles. The van der Waals surface area contributed by atoms with Crippen LogP contribution in [0.5, 0.6) is 5.88 Å². The number of benzene rings is 1. The van der Waals surface area contributed by atoms with Crippen LogP contribution < -0.4 is 20.8 Å². The highest BCUT2D eigenvalue weighted by molar-refractivity contribution is 6.44. The topological polar surface area (TPSA) is 110 Å². The predicted molar refractivity (Wildman–Crippen MR) is 93.4 cm³/mol. The quantitative estimate of drug-likeness (QED) is 0.849. The Morgan fingerprint density at radius 1 is 1.24 bits per heavy atom. The maximum absolute atomic E-state index is 12.4. The van der Waals surface area contributed by atoms with Gasteiger partial charge in [0.1, 0.15) is 11.8 Å². The van der Waals surface area contributed by atoms with Gasteiger partial charge in [-0.2, -0.15) is 5.10 Å². The fourth-order valence-electron chi connectivity index (χ4n) is 2.47. The van der Waals surface area contributed by atoms with Crippen LogP contribution in [0, 0.1) is 0 Å². The number of nitrogens with two attached hydrogens (primary N) is 1. The number of hydrazone groups is 1. The first kappa shape index (κ1) is 16.4. The van der Waals surface area contributed by atoms with E-state index in [1.165, 1.54) is 18.3 Å². The smallest absolute Gasteiger partial charge is 0.272 e.